The van der Waals surface area contributed by atoms with Gasteiger partial charge in [-0.15, -0.1) is 0 Å². The first-order valence-electron chi connectivity index (χ1n) is 5.09. The molecule has 1 unspecified atom stereocenters. The predicted octanol–water partition coefficient (Wildman–Crippen LogP) is -0.449. The second kappa shape index (κ2) is 4.14. The second-order valence-electron chi connectivity index (χ2n) is 3.90. The normalized spacial score (nSPS) is 23.8. The summed E-state index contributed by atoms with van der Waals surface area (Å²) in [4.78, 5) is 12.6. The Morgan fingerprint density at radius 2 is 2.43 bits per heavy atom. The summed E-state index contributed by atoms with van der Waals surface area (Å²) in [5.74, 6) is 0. The molecular formula is C9H16N2O3. The Hall–Kier alpha value is -0.810. The molecule has 1 atom stereocenters. The first-order valence-corrected chi connectivity index (χ1v) is 5.09. The lowest BCUT2D eigenvalue weighted by Gasteiger charge is -2.17. The lowest BCUT2D eigenvalue weighted by molar-refractivity contribution is 0.117. The number of carbonyl (C=O) groups is 1. The highest BCUT2D eigenvalue weighted by Crippen LogP contribution is 2.18. The molecule has 0 aromatic carbocycles. The molecule has 0 aromatic rings. The van der Waals surface area contributed by atoms with E-state index in [1.807, 2.05) is 0 Å². The fourth-order valence-corrected chi connectivity index (χ4v) is 1.50. The molecule has 1 heterocycles. The summed E-state index contributed by atoms with van der Waals surface area (Å²) >= 11 is 0. The summed E-state index contributed by atoms with van der Waals surface area (Å²) < 4.78 is 4.76. The fraction of sp³-hybridized carbons (Fsp3) is 0.889. The number of aliphatic hydroxyl groups is 1. The molecule has 1 aliphatic heterocycles. The van der Waals surface area contributed by atoms with Gasteiger partial charge in [-0.3, -0.25) is 0 Å². The van der Waals surface area contributed by atoms with Crippen molar-refractivity contribution in [1.29, 1.82) is 0 Å². The third-order valence-electron chi connectivity index (χ3n) is 2.50. The maximum Gasteiger partial charge on any atom is 0.410 e. The van der Waals surface area contributed by atoms with Crippen LogP contribution in [-0.4, -0.2) is 54.5 Å². The van der Waals surface area contributed by atoms with Gasteiger partial charge in [-0.05, 0) is 12.8 Å². The smallest absolute Gasteiger partial charge is 0.410 e. The molecule has 2 aliphatic rings. The molecule has 80 valence electrons. The molecule has 5 heteroatoms. The van der Waals surface area contributed by atoms with Crippen LogP contribution in [0.15, 0.2) is 0 Å². The summed E-state index contributed by atoms with van der Waals surface area (Å²) in [5, 5.41) is 12.8. The Labute approximate surface area is 83.0 Å². The second-order valence-corrected chi connectivity index (χ2v) is 3.90. The zero-order valence-corrected chi connectivity index (χ0v) is 8.11. The van der Waals surface area contributed by atoms with Crippen LogP contribution in [0.3, 0.4) is 0 Å². The summed E-state index contributed by atoms with van der Waals surface area (Å²) in [7, 11) is 0. The number of aliphatic hydroxyl groups excluding tert-OH is 1. The van der Waals surface area contributed by atoms with E-state index in [1.54, 1.807) is 4.90 Å². The van der Waals surface area contributed by atoms with Crippen LogP contribution in [0.1, 0.15) is 12.8 Å². The maximum absolute atomic E-state index is 11.0. The molecule has 1 saturated heterocycles. The van der Waals surface area contributed by atoms with Gasteiger partial charge in [0.25, 0.3) is 0 Å². The van der Waals surface area contributed by atoms with Crippen LogP contribution < -0.4 is 5.32 Å². The molecule has 14 heavy (non-hydrogen) atoms. The highest BCUT2D eigenvalue weighted by molar-refractivity contribution is 5.69. The van der Waals surface area contributed by atoms with Crippen molar-refractivity contribution in [3.05, 3.63) is 0 Å². The van der Waals surface area contributed by atoms with Gasteiger partial charge < -0.3 is 20.1 Å². The quantitative estimate of drug-likeness (QED) is 0.631. The van der Waals surface area contributed by atoms with Gasteiger partial charge in [0.2, 0.25) is 0 Å². The van der Waals surface area contributed by atoms with Crippen molar-refractivity contribution >= 4 is 6.09 Å². The van der Waals surface area contributed by atoms with Crippen molar-refractivity contribution in [2.45, 2.75) is 25.0 Å². The number of ether oxygens (including phenoxy) is 1. The standard InChI is InChI=1S/C9H16N2O3/c12-8(5-10-7-1-2-7)6-11-3-4-14-9(11)13/h7-8,10,12H,1-6H2. The van der Waals surface area contributed by atoms with Crippen molar-refractivity contribution in [3.63, 3.8) is 0 Å². The van der Waals surface area contributed by atoms with Crippen LogP contribution in [0.25, 0.3) is 0 Å². The largest absolute Gasteiger partial charge is 0.448 e. The fourth-order valence-electron chi connectivity index (χ4n) is 1.50. The Bertz CT molecular complexity index is 218. The van der Waals surface area contributed by atoms with Gasteiger partial charge in [0, 0.05) is 12.6 Å². The number of hydrogen-bond acceptors (Lipinski definition) is 4. The average Bonchev–Trinajstić information content (AvgIpc) is 2.90. The van der Waals surface area contributed by atoms with Gasteiger partial charge in [0.15, 0.2) is 0 Å². The zero-order chi connectivity index (χ0) is 9.97. The van der Waals surface area contributed by atoms with E-state index < -0.39 is 6.10 Å². The van der Waals surface area contributed by atoms with Gasteiger partial charge in [0.1, 0.15) is 6.61 Å². The van der Waals surface area contributed by atoms with Gasteiger partial charge in [-0.2, -0.15) is 0 Å². The third-order valence-corrected chi connectivity index (χ3v) is 2.50. The van der Waals surface area contributed by atoms with Crippen molar-refractivity contribution < 1.29 is 14.6 Å². The molecule has 1 aliphatic carbocycles. The third kappa shape index (κ3) is 2.59. The topological polar surface area (TPSA) is 61.8 Å². The zero-order valence-electron chi connectivity index (χ0n) is 8.11. The Balaban J connectivity index is 1.64. The number of amides is 1. The van der Waals surface area contributed by atoms with Crippen molar-refractivity contribution in [1.82, 2.24) is 10.2 Å². The van der Waals surface area contributed by atoms with E-state index in [-0.39, 0.29) is 6.09 Å². The molecule has 0 bridgehead atoms. The first-order chi connectivity index (χ1) is 6.75. The highest BCUT2D eigenvalue weighted by Gasteiger charge is 2.26. The van der Waals surface area contributed by atoms with Crippen LogP contribution in [-0.2, 0) is 4.74 Å². The monoisotopic (exact) mass is 200 g/mol. The number of hydrogen-bond donors (Lipinski definition) is 2. The van der Waals surface area contributed by atoms with Crippen molar-refractivity contribution in [2.24, 2.45) is 0 Å². The summed E-state index contributed by atoms with van der Waals surface area (Å²) in [6.45, 7) is 1.98. The van der Waals surface area contributed by atoms with Crippen LogP contribution in [0.5, 0.6) is 0 Å². The molecule has 0 radical (unpaired) electrons. The summed E-state index contributed by atoms with van der Waals surface area (Å²) in [5.41, 5.74) is 0. The SMILES string of the molecule is O=C1OCCN1CC(O)CNC1CC1. The molecule has 0 spiro atoms. The number of carbonyl (C=O) groups excluding carboxylic acids is 1. The Morgan fingerprint density at radius 1 is 1.64 bits per heavy atom. The van der Waals surface area contributed by atoms with E-state index in [0.717, 1.165) is 0 Å². The minimum atomic E-state index is -0.485. The van der Waals surface area contributed by atoms with Crippen LogP contribution in [0.2, 0.25) is 0 Å². The molecular weight excluding hydrogens is 184 g/mol. The molecule has 5 nitrogen and oxygen atoms in total. The molecule has 2 N–H and O–H groups in total. The molecule has 2 fully saturated rings. The van der Waals surface area contributed by atoms with Crippen molar-refractivity contribution in [2.75, 3.05) is 26.2 Å². The van der Waals surface area contributed by atoms with E-state index in [0.29, 0.717) is 32.3 Å². The van der Waals surface area contributed by atoms with E-state index in [4.69, 9.17) is 4.74 Å². The van der Waals surface area contributed by atoms with E-state index >= 15 is 0 Å². The van der Waals surface area contributed by atoms with Gasteiger partial charge in [-0.25, -0.2) is 4.79 Å². The molecule has 1 amide bonds. The average molecular weight is 200 g/mol. The predicted molar refractivity (Wildman–Crippen MR) is 50.0 cm³/mol. The van der Waals surface area contributed by atoms with Gasteiger partial charge in [0.05, 0.1) is 19.2 Å². The van der Waals surface area contributed by atoms with Crippen LogP contribution >= 0.6 is 0 Å². The number of rotatable bonds is 5. The van der Waals surface area contributed by atoms with E-state index in [9.17, 15) is 9.90 Å². The number of nitrogens with one attached hydrogen (secondary N) is 1. The van der Waals surface area contributed by atoms with Crippen molar-refractivity contribution in [3.8, 4) is 0 Å². The summed E-state index contributed by atoms with van der Waals surface area (Å²) in [6.07, 6.45) is 1.62. The number of nitrogens with zero attached hydrogens (tertiary/aromatic N) is 1. The van der Waals surface area contributed by atoms with Gasteiger partial charge >= 0.3 is 6.09 Å². The number of β-amino-alcohol motifs (C(OH)–C–C–N with tert-alkyl or cyclic N) is 1. The first kappa shape index (κ1) is 9.73. The number of cyclic esters (lactones) is 1. The van der Waals surface area contributed by atoms with Crippen LogP contribution in [0, 0.1) is 0 Å². The van der Waals surface area contributed by atoms with Crippen LogP contribution in [0.4, 0.5) is 4.79 Å². The molecule has 1 saturated carbocycles. The lowest BCUT2D eigenvalue weighted by Crippen LogP contribution is -2.39. The molecule has 0 aromatic heterocycles. The Morgan fingerprint density at radius 3 is 3.00 bits per heavy atom. The minimum Gasteiger partial charge on any atom is -0.448 e. The molecule has 2 rings (SSSR count). The lowest BCUT2D eigenvalue weighted by atomic mass is 10.3. The van der Waals surface area contributed by atoms with E-state index in [2.05, 4.69) is 5.32 Å². The minimum absolute atomic E-state index is 0.310. The maximum atomic E-state index is 11.0. The summed E-state index contributed by atoms with van der Waals surface area (Å²) in [6, 6.07) is 0.593. The van der Waals surface area contributed by atoms with Gasteiger partial charge in [-0.1, -0.05) is 0 Å². The van der Waals surface area contributed by atoms with E-state index in [1.165, 1.54) is 12.8 Å². The Kier molecular flexibility index (Phi) is 2.88. The highest BCUT2D eigenvalue weighted by atomic mass is 16.6.